The zero-order chi connectivity index (χ0) is 26.2. The van der Waals surface area contributed by atoms with Gasteiger partial charge in [0.05, 0.1) is 36.8 Å². The first kappa shape index (κ1) is 26.7. The molecule has 0 bridgehead atoms. The van der Waals surface area contributed by atoms with Gasteiger partial charge in [0.25, 0.3) is 0 Å². The molecule has 2 aromatic carbocycles. The molecule has 3 aromatic rings. The third-order valence-electron chi connectivity index (χ3n) is 5.21. The van der Waals surface area contributed by atoms with Crippen LogP contribution in [0.1, 0.15) is 52.1 Å². The van der Waals surface area contributed by atoms with E-state index in [9.17, 15) is 14.4 Å². The summed E-state index contributed by atoms with van der Waals surface area (Å²) in [5.41, 5.74) is 1.59. The Hall–Kier alpha value is -3.86. The van der Waals surface area contributed by atoms with Gasteiger partial charge in [-0.1, -0.05) is 29.5 Å². The van der Waals surface area contributed by atoms with Crippen LogP contribution in [0.5, 0.6) is 5.75 Å². The van der Waals surface area contributed by atoms with E-state index in [1.807, 2.05) is 49.6 Å². The number of hydrogen-bond donors (Lipinski definition) is 1. The summed E-state index contributed by atoms with van der Waals surface area (Å²) in [5, 5.41) is 11.7. The van der Waals surface area contributed by atoms with Gasteiger partial charge in [-0.3, -0.25) is 4.79 Å². The van der Waals surface area contributed by atoms with Crippen LogP contribution >= 0.6 is 11.8 Å². The molecular weight excluding hydrogens is 484 g/mol. The van der Waals surface area contributed by atoms with E-state index >= 15 is 0 Å². The smallest absolute Gasteiger partial charge is 0.339 e. The predicted octanol–water partition coefficient (Wildman–Crippen LogP) is 4.05. The van der Waals surface area contributed by atoms with Crippen molar-refractivity contribution in [3.63, 3.8) is 0 Å². The van der Waals surface area contributed by atoms with Gasteiger partial charge in [-0.15, -0.1) is 10.2 Å². The van der Waals surface area contributed by atoms with Crippen LogP contribution in [0.3, 0.4) is 0 Å². The Morgan fingerprint density at radius 1 is 1.03 bits per heavy atom. The standard InChI is InChI=1S/C25H28N4O6S/c1-6-29-22(16(3)35-18-10-7-15(2)8-11-18)27-28-25(29)36-14-21(30)26-20-13-17(23(31)33-4)9-12-19(20)24(32)34-5/h7-13,16H,6,14H2,1-5H3,(H,26,30). The third kappa shape index (κ3) is 6.42. The molecule has 36 heavy (non-hydrogen) atoms. The van der Waals surface area contributed by atoms with E-state index in [2.05, 4.69) is 15.5 Å². The number of nitrogens with one attached hydrogen (secondary N) is 1. The summed E-state index contributed by atoms with van der Waals surface area (Å²) >= 11 is 1.19. The first-order chi connectivity index (χ1) is 17.3. The van der Waals surface area contributed by atoms with Gasteiger partial charge in [-0.2, -0.15) is 0 Å². The summed E-state index contributed by atoms with van der Waals surface area (Å²) in [6.45, 7) is 6.44. The first-order valence-electron chi connectivity index (χ1n) is 11.2. The molecule has 1 aromatic heterocycles. The van der Waals surface area contributed by atoms with Crippen LogP contribution in [0.25, 0.3) is 0 Å². The summed E-state index contributed by atoms with van der Waals surface area (Å²) in [7, 11) is 2.48. The molecule has 11 heteroatoms. The number of thioether (sulfide) groups is 1. The van der Waals surface area contributed by atoms with Crippen LogP contribution in [0.15, 0.2) is 47.6 Å². The lowest BCUT2D eigenvalue weighted by Crippen LogP contribution is -2.18. The molecule has 1 amide bonds. The maximum atomic E-state index is 12.7. The van der Waals surface area contributed by atoms with Gasteiger partial charge in [0.2, 0.25) is 5.91 Å². The number of methoxy groups -OCH3 is 2. The van der Waals surface area contributed by atoms with Gasteiger partial charge in [0, 0.05) is 6.54 Å². The normalized spacial score (nSPS) is 11.5. The van der Waals surface area contributed by atoms with Crippen molar-refractivity contribution in [2.75, 3.05) is 25.3 Å². The number of nitrogens with zero attached hydrogens (tertiary/aromatic N) is 3. The molecule has 3 rings (SSSR count). The second-order valence-electron chi connectivity index (χ2n) is 7.74. The minimum Gasteiger partial charge on any atom is -0.483 e. The predicted molar refractivity (Wildman–Crippen MR) is 134 cm³/mol. The lowest BCUT2D eigenvalue weighted by Gasteiger charge is -2.16. The largest absolute Gasteiger partial charge is 0.483 e. The Morgan fingerprint density at radius 3 is 2.36 bits per heavy atom. The fraction of sp³-hybridized carbons (Fsp3) is 0.320. The van der Waals surface area contributed by atoms with E-state index in [0.29, 0.717) is 17.5 Å². The molecule has 1 heterocycles. The van der Waals surface area contributed by atoms with E-state index in [1.165, 1.54) is 44.2 Å². The number of anilines is 1. The van der Waals surface area contributed by atoms with Crippen molar-refractivity contribution in [2.24, 2.45) is 0 Å². The Labute approximate surface area is 213 Å². The average Bonchev–Trinajstić information content (AvgIpc) is 3.31. The third-order valence-corrected chi connectivity index (χ3v) is 6.18. The van der Waals surface area contributed by atoms with Gasteiger partial charge in [-0.25, -0.2) is 9.59 Å². The Morgan fingerprint density at radius 2 is 1.72 bits per heavy atom. The van der Waals surface area contributed by atoms with Crippen LogP contribution < -0.4 is 10.1 Å². The number of aromatic nitrogens is 3. The lowest BCUT2D eigenvalue weighted by atomic mass is 10.1. The molecule has 0 saturated carbocycles. The molecular formula is C25H28N4O6S. The molecule has 0 aliphatic carbocycles. The molecule has 1 N–H and O–H groups in total. The van der Waals surface area contributed by atoms with Crippen molar-refractivity contribution in [1.29, 1.82) is 0 Å². The quantitative estimate of drug-likeness (QED) is 0.317. The maximum Gasteiger partial charge on any atom is 0.339 e. The van der Waals surface area contributed by atoms with Crippen LogP contribution in [0, 0.1) is 6.92 Å². The fourth-order valence-corrected chi connectivity index (χ4v) is 4.18. The molecule has 1 atom stereocenters. The highest BCUT2D eigenvalue weighted by Crippen LogP contribution is 2.26. The average molecular weight is 513 g/mol. The number of carbonyl (C=O) groups excluding carboxylic acids is 3. The van der Waals surface area contributed by atoms with Gasteiger partial charge in [-0.05, 0) is 51.1 Å². The number of esters is 2. The molecule has 0 aliphatic rings. The molecule has 1 unspecified atom stereocenters. The maximum absolute atomic E-state index is 12.7. The van der Waals surface area contributed by atoms with Crippen molar-refractivity contribution >= 4 is 35.3 Å². The monoisotopic (exact) mass is 512 g/mol. The number of hydrogen-bond acceptors (Lipinski definition) is 9. The summed E-state index contributed by atoms with van der Waals surface area (Å²) in [6.07, 6.45) is -0.355. The Kier molecular flexibility index (Phi) is 9.07. The summed E-state index contributed by atoms with van der Waals surface area (Å²) in [4.78, 5) is 36.7. The van der Waals surface area contributed by atoms with Gasteiger partial charge < -0.3 is 24.1 Å². The number of rotatable bonds is 10. The van der Waals surface area contributed by atoms with Crippen molar-refractivity contribution in [3.8, 4) is 5.75 Å². The van der Waals surface area contributed by atoms with Crippen LogP contribution in [0.2, 0.25) is 0 Å². The van der Waals surface area contributed by atoms with Crippen molar-refractivity contribution in [2.45, 2.75) is 38.6 Å². The molecule has 0 spiro atoms. The van der Waals surface area contributed by atoms with E-state index in [-0.39, 0.29) is 28.7 Å². The highest BCUT2D eigenvalue weighted by atomic mass is 32.2. The highest BCUT2D eigenvalue weighted by Gasteiger charge is 2.21. The second-order valence-corrected chi connectivity index (χ2v) is 8.68. The number of amides is 1. The Bertz CT molecular complexity index is 1240. The van der Waals surface area contributed by atoms with E-state index in [4.69, 9.17) is 14.2 Å². The van der Waals surface area contributed by atoms with E-state index in [0.717, 1.165) is 11.3 Å². The first-order valence-corrected chi connectivity index (χ1v) is 12.2. The van der Waals surface area contributed by atoms with Crippen LogP contribution in [0.4, 0.5) is 5.69 Å². The molecule has 10 nitrogen and oxygen atoms in total. The number of ether oxygens (including phenoxy) is 3. The Balaban J connectivity index is 1.71. The topological polar surface area (TPSA) is 122 Å². The number of carbonyl (C=O) groups is 3. The van der Waals surface area contributed by atoms with Crippen molar-refractivity contribution < 1.29 is 28.6 Å². The van der Waals surface area contributed by atoms with Crippen LogP contribution in [-0.4, -0.2) is 52.6 Å². The van der Waals surface area contributed by atoms with Gasteiger partial charge in [0.15, 0.2) is 17.1 Å². The molecule has 0 saturated heterocycles. The molecule has 0 radical (unpaired) electrons. The minimum absolute atomic E-state index is 0.00556. The molecule has 190 valence electrons. The zero-order valence-electron chi connectivity index (χ0n) is 20.7. The fourth-order valence-electron chi connectivity index (χ4n) is 3.38. The highest BCUT2D eigenvalue weighted by molar-refractivity contribution is 7.99. The van der Waals surface area contributed by atoms with Gasteiger partial charge >= 0.3 is 11.9 Å². The summed E-state index contributed by atoms with van der Waals surface area (Å²) in [5.74, 6) is -0.283. The van der Waals surface area contributed by atoms with E-state index < -0.39 is 17.8 Å². The van der Waals surface area contributed by atoms with Crippen molar-refractivity contribution in [3.05, 3.63) is 65.0 Å². The number of aryl methyl sites for hydroxylation is 1. The molecule has 0 aliphatic heterocycles. The van der Waals surface area contributed by atoms with Gasteiger partial charge in [0.1, 0.15) is 5.75 Å². The second kappa shape index (κ2) is 12.2. The zero-order valence-corrected chi connectivity index (χ0v) is 21.5. The number of benzene rings is 2. The summed E-state index contributed by atoms with van der Waals surface area (Å²) in [6, 6.07) is 11.9. The SMILES string of the molecule is CCn1c(SCC(=O)Nc2cc(C(=O)OC)ccc2C(=O)OC)nnc1C(C)Oc1ccc(C)cc1. The molecule has 0 fully saturated rings. The van der Waals surface area contributed by atoms with Crippen LogP contribution in [-0.2, 0) is 20.8 Å². The lowest BCUT2D eigenvalue weighted by molar-refractivity contribution is -0.113. The minimum atomic E-state index is -0.646. The summed E-state index contributed by atoms with van der Waals surface area (Å²) < 4.78 is 17.4. The van der Waals surface area contributed by atoms with E-state index in [1.54, 1.807) is 0 Å². The van der Waals surface area contributed by atoms with Crippen molar-refractivity contribution in [1.82, 2.24) is 14.8 Å².